The van der Waals surface area contributed by atoms with Crippen LogP contribution in [0.25, 0.3) is 6.08 Å². The Morgan fingerprint density at radius 2 is 1.39 bits per heavy atom. The van der Waals surface area contributed by atoms with E-state index >= 15 is 0 Å². The fourth-order valence-corrected chi connectivity index (χ4v) is 4.25. The van der Waals surface area contributed by atoms with Crippen LogP contribution in [0.4, 0.5) is 26.3 Å². The van der Waals surface area contributed by atoms with Crippen LogP contribution in [0, 0.1) is 19.3 Å². The van der Waals surface area contributed by atoms with Crippen LogP contribution in [-0.2, 0) is 10.2 Å². The molecule has 0 heterocycles. The standard InChI is InChI=1S/C27H30F6O3/c1-6-25(7-2,21-10-11-22(18(4)15-21)36-16-23(34)35)20-9-8-19(17(3)14-20)12-13-24(5,26(28,29)30)27(31,32)33/h8-15H,6-7,16H2,1-5H3,(H,34,35)/b13-12+. The molecule has 2 aromatic carbocycles. The highest BCUT2D eigenvalue weighted by Crippen LogP contribution is 2.51. The Bertz CT molecular complexity index is 1100. The van der Waals surface area contributed by atoms with Gasteiger partial charge in [0.1, 0.15) is 5.75 Å². The molecule has 0 aromatic heterocycles. The number of hydrogen-bond acceptors (Lipinski definition) is 2. The molecule has 0 aliphatic heterocycles. The Balaban J connectivity index is 2.50. The maximum Gasteiger partial charge on any atom is 0.406 e. The second kappa shape index (κ2) is 10.6. The number of carboxylic acids is 1. The lowest BCUT2D eigenvalue weighted by Crippen LogP contribution is -2.46. The van der Waals surface area contributed by atoms with E-state index in [9.17, 15) is 31.1 Å². The van der Waals surface area contributed by atoms with Gasteiger partial charge in [-0.05, 0) is 67.5 Å². The molecule has 0 spiro atoms. The summed E-state index contributed by atoms with van der Waals surface area (Å²) in [6.45, 7) is 7.09. The minimum atomic E-state index is -5.49. The Kier molecular flexibility index (Phi) is 8.59. The van der Waals surface area contributed by atoms with Crippen LogP contribution in [0.2, 0.25) is 0 Å². The lowest BCUT2D eigenvalue weighted by Gasteiger charge is -2.34. The summed E-state index contributed by atoms with van der Waals surface area (Å²) in [6, 6.07) is 10.5. The van der Waals surface area contributed by atoms with Gasteiger partial charge in [-0.2, -0.15) is 26.3 Å². The highest BCUT2D eigenvalue weighted by Gasteiger charge is 2.66. The normalized spacial score (nSPS) is 13.3. The molecule has 0 unspecified atom stereocenters. The Morgan fingerprint density at radius 3 is 1.81 bits per heavy atom. The molecule has 0 radical (unpaired) electrons. The lowest BCUT2D eigenvalue weighted by molar-refractivity contribution is -0.314. The molecule has 0 saturated heterocycles. The number of ether oxygens (including phenoxy) is 1. The first-order valence-corrected chi connectivity index (χ1v) is 11.4. The van der Waals surface area contributed by atoms with Crippen molar-refractivity contribution in [3.8, 4) is 5.75 Å². The predicted molar refractivity (Wildman–Crippen MR) is 126 cm³/mol. The Morgan fingerprint density at radius 1 is 0.889 bits per heavy atom. The predicted octanol–water partition coefficient (Wildman–Crippen LogP) is 8.02. The largest absolute Gasteiger partial charge is 0.482 e. The summed E-state index contributed by atoms with van der Waals surface area (Å²) in [5.41, 5.74) is -1.09. The van der Waals surface area contributed by atoms with Gasteiger partial charge in [0.15, 0.2) is 12.0 Å². The molecule has 0 bridgehead atoms. The summed E-state index contributed by atoms with van der Waals surface area (Å²) in [5.74, 6) is -0.651. The quantitative estimate of drug-likeness (QED) is 0.343. The SMILES string of the molecule is CCC(CC)(c1ccc(/C=C/C(C)(C(F)(F)F)C(F)(F)F)c(C)c1)c1ccc(OCC(=O)O)c(C)c1. The van der Waals surface area contributed by atoms with Gasteiger partial charge in [-0.3, -0.25) is 0 Å². The van der Waals surface area contributed by atoms with Crippen LogP contribution >= 0.6 is 0 Å². The molecule has 36 heavy (non-hydrogen) atoms. The summed E-state index contributed by atoms with van der Waals surface area (Å²) in [5, 5.41) is 8.84. The lowest BCUT2D eigenvalue weighted by atomic mass is 9.70. The number of allylic oxidation sites excluding steroid dienone is 1. The van der Waals surface area contributed by atoms with Crippen molar-refractivity contribution in [2.45, 2.75) is 65.2 Å². The van der Waals surface area contributed by atoms with E-state index in [4.69, 9.17) is 9.84 Å². The van der Waals surface area contributed by atoms with E-state index < -0.39 is 35.8 Å². The molecule has 0 aliphatic rings. The third kappa shape index (κ3) is 5.71. The van der Waals surface area contributed by atoms with Gasteiger partial charge >= 0.3 is 18.3 Å². The minimum absolute atomic E-state index is 0.124. The van der Waals surface area contributed by atoms with Gasteiger partial charge in [-0.15, -0.1) is 0 Å². The van der Waals surface area contributed by atoms with Crippen molar-refractivity contribution in [1.82, 2.24) is 0 Å². The Hall–Kier alpha value is -2.97. The van der Waals surface area contributed by atoms with Crippen LogP contribution in [0.3, 0.4) is 0 Å². The summed E-state index contributed by atoms with van der Waals surface area (Å²) in [6.07, 6.45) is -8.60. The number of carbonyl (C=O) groups is 1. The first-order chi connectivity index (χ1) is 16.5. The third-order valence-electron chi connectivity index (χ3n) is 6.88. The highest BCUT2D eigenvalue weighted by atomic mass is 19.4. The van der Waals surface area contributed by atoms with Gasteiger partial charge in [0.05, 0.1) is 0 Å². The summed E-state index contributed by atoms with van der Waals surface area (Å²) in [7, 11) is 0. The van der Waals surface area contributed by atoms with Crippen molar-refractivity contribution < 1.29 is 41.0 Å². The molecule has 0 amide bonds. The van der Waals surface area contributed by atoms with Crippen LogP contribution in [-0.4, -0.2) is 30.0 Å². The molecule has 2 rings (SSSR count). The number of benzene rings is 2. The number of halogens is 6. The zero-order valence-corrected chi connectivity index (χ0v) is 20.8. The van der Waals surface area contributed by atoms with Crippen molar-refractivity contribution in [2.24, 2.45) is 5.41 Å². The Labute approximate surface area is 206 Å². The first kappa shape index (κ1) is 29.3. The minimum Gasteiger partial charge on any atom is -0.482 e. The fourth-order valence-electron chi connectivity index (χ4n) is 4.25. The summed E-state index contributed by atoms with van der Waals surface area (Å²) < 4.78 is 84.8. The first-order valence-electron chi connectivity index (χ1n) is 11.4. The molecule has 3 nitrogen and oxygen atoms in total. The molecule has 9 heteroatoms. The van der Waals surface area contributed by atoms with E-state index in [-0.39, 0.29) is 18.6 Å². The third-order valence-corrected chi connectivity index (χ3v) is 6.88. The number of alkyl halides is 6. The van der Waals surface area contributed by atoms with Gasteiger partial charge < -0.3 is 9.84 Å². The van der Waals surface area contributed by atoms with Crippen LogP contribution < -0.4 is 4.74 Å². The molecule has 0 aliphatic carbocycles. The van der Waals surface area contributed by atoms with Crippen molar-refractivity contribution in [2.75, 3.05) is 6.61 Å². The number of hydrogen-bond donors (Lipinski definition) is 1. The van der Waals surface area contributed by atoms with Crippen LogP contribution in [0.15, 0.2) is 42.5 Å². The van der Waals surface area contributed by atoms with Crippen molar-refractivity contribution in [3.63, 3.8) is 0 Å². The van der Waals surface area contributed by atoms with E-state index in [1.165, 1.54) is 6.07 Å². The number of aliphatic carboxylic acids is 1. The van der Waals surface area contributed by atoms with E-state index in [2.05, 4.69) is 0 Å². The molecular formula is C27H30F6O3. The van der Waals surface area contributed by atoms with E-state index in [1.54, 1.807) is 32.0 Å². The fraction of sp³-hybridized carbons (Fsp3) is 0.444. The number of rotatable bonds is 9. The molecule has 0 atom stereocenters. The van der Waals surface area contributed by atoms with E-state index in [0.29, 0.717) is 24.2 Å². The van der Waals surface area contributed by atoms with Gasteiger partial charge in [0.25, 0.3) is 0 Å². The zero-order chi connectivity index (χ0) is 27.5. The molecule has 198 valence electrons. The van der Waals surface area contributed by atoms with Crippen molar-refractivity contribution in [1.29, 1.82) is 0 Å². The number of carboxylic acid groups (broad SMARTS) is 1. The molecule has 0 saturated carbocycles. The van der Waals surface area contributed by atoms with Crippen LogP contribution in [0.5, 0.6) is 5.75 Å². The molecule has 0 fully saturated rings. The monoisotopic (exact) mass is 516 g/mol. The van der Waals surface area contributed by atoms with Crippen molar-refractivity contribution in [3.05, 3.63) is 70.3 Å². The average Bonchev–Trinajstić information content (AvgIpc) is 2.77. The van der Waals surface area contributed by atoms with Crippen LogP contribution in [0.1, 0.15) is 61.4 Å². The zero-order valence-electron chi connectivity index (χ0n) is 20.8. The summed E-state index contributed by atoms with van der Waals surface area (Å²) >= 11 is 0. The molecular weight excluding hydrogens is 486 g/mol. The van der Waals surface area contributed by atoms with Gasteiger partial charge in [0.2, 0.25) is 0 Å². The smallest absolute Gasteiger partial charge is 0.406 e. The maximum absolute atomic E-state index is 13.2. The van der Waals surface area contributed by atoms with E-state index in [1.807, 2.05) is 26.0 Å². The van der Waals surface area contributed by atoms with E-state index in [0.717, 1.165) is 22.8 Å². The highest BCUT2D eigenvalue weighted by molar-refractivity contribution is 5.68. The van der Waals surface area contributed by atoms with Gasteiger partial charge in [-0.25, -0.2) is 4.79 Å². The van der Waals surface area contributed by atoms with Gasteiger partial charge in [-0.1, -0.05) is 56.3 Å². The summed E-state index contributed by atoms with van der Waals surface area (Å²) in [4.78, 5) is 10.8. The van der Waals surface area contributed by atoms with Gasteiger partial charge in [0, 0.05) is 5.41 Å². The molecule has 1 N–H and O–H groups in total. The second-order valence-corrected chi connectivity index (χ2v) is 9.05. The second-order valence-electron chi connectivity index (χ2n) is 9.05. The molecule has 2 aromatic rings. The maximum atomic E-state index is 13.2. The number of aryl methyl sites for hydroxylation is 2. The average molecular weight is 517 g/mol. The van der Waals surface area contributed by atoms with Crippen molar-refractivity contribution >= 4 is 12.0 Å². The topological polar surface area (TPSA) is 46.5 Å².